The van der Waals surface area contributed by atoms with Crippen molar-refractivity contribution in [2.24, 2.45) is 0 Å². The highest BCUT2D eigenvalue weighted by Gasteiger charge is 2.18. The van der Waals surface area contributed by atoms with Crippen LogP contribution in [-0.4, -0.2) is 30.0 Å². The highest BCUT2D eigenvalue weighted by atomic mass is 16.6. The fourth-order valence-corrected chi connectivity index (χ4v) is 2.49. The van der Waals surface area contributed by atoms with Crippen LogP contribution in [0, 0.1) is 10.1 Å². The van der Waals surface area contributed by atoms with Crippen molar-refractivity contribution in [2.75, 3.05) is 13.1 Å². The van der Waals surface area contributed by atoms with E-state index in [1.165, 1.54) is 18.6 Å². The normalized spacial score (nSPS) is 18.8. The van der Waals surface area contributed by atoms with Crippen molar-refractivity contribution in [2.45, 2.75) is 38.1 Å². The number of hydrogen-bond acceptors (Lipinski definition) is 4. The predicted octanol–water partition coefficient (Wildman–Crippen LogP) is 1.79. The van der Waals surface area contributed by atoms with Crippen molar-refractivity contribution >= 4 is 11.6 Å². The molecule has 2 rings (SSSR count). The van der Waals surface area contributed by atoms with Crippen molar-refractivity contribution in [1.82, 2.24) is 10.6 Å². The number of amides is 1. The first-order chi connectivity index (χ1) is 10.2. The number of carbonyl (C=O) groups is 1. The molecule has 1 atom stereocenters. The summed E-state index contributed by atoms with van der Waals surface area (Å²) in [6, 6.07) is 6.36. The Hall–Kier alpha value is -1.95. The Bertz CT molecular complexity index is 479. The fraction of sp³-hybridized carbons (Fsp3) is 0.533. The summed E-state index contributed by atoms with van der Waals surface area (Å²) >= 11 is 0. The second kappa shape index (κ2) is 7.73. The number of carbonyl (C=O) groups excluding carboxylic acids is 1. The standard InChI is InChI=1S/C15H21N3O3/c19-15(14-4-2-1-3-10-16-14)17-11-9-12-5-7-13(8-6-12)18(20)21/h5-8,14,16H,1-4,9-11H2,(H,17,19). The number of nitrogens with zero attached hydrogens (tertiary/aromatic N) is 1. The minimum Gasteiger partial charge on any atom is -0.354 e. The quantitative estimate of drug-likeness (QED) is 0.640. The Kier molecular flexibility index (Phi) is 5.68. The molecular weight excluding hydrogens is 270 g/mol. The van der Waals surface area contributed by atoms with E-state index < -0.39 is 4.92 Å². The van der Waals surface area contributed by atoms with Gasteiger partial charge in [0, 0.05) is 18.7 Å². The molecule has 1 aliphatic heterocycles. The van der Waals surface area contributed by atoms with Gasteiger partial charge in [0.2, 0.25) is 5.91 Å². The summed E-state index contributed by atoms with van der Waals surface area (Å²) in [5.41, 5.74) is 1.07. The molecule has 21 heavy (non-hydrogen) atoms. The first-order valence-corrected chi connectivity index (χ1v) is 7.41. The number of nitro benzene ring substituents is 1. The van der Waals surface area contributed by atoms with Gasteiger partial charge in [-0.05, 0) is 31.4 Å². The third-order valence-corrected chi connectivity index (χ3v) is 3.74. The van der Waals surface area contributed by atoms with E-state index in [0.717, 1.165) is 31.4 Å². The van der Waals surface area contributed by atoms with E-state index in [1.54, 1.807) is 12.1 Å². The molecule has 1 heterocycles. The molecule has 1 amide bonds. The van der Waals surface area contributed by atoms with Crippen LogP contribution < -0.4 is 10.6 Å². The van der Waals surface area contributed by atoms with Crippen LogP contribution in [0.3, 0.4) is 0 Å². The highest BCUT2D eigenvalue weighted by molar-refractivity contribution is 5.81. The van der Waals surface area contributed by atoms with Gasteiger partial charge in [0.15, 0.2) is 0 Å². The molecule has 1 fully saturated rings. The highest BCUT2D eigenvalue weighted by Crippen LogP contribution is 2.12. The van der Waals surface area contributed by atoms with Crippen LogP contribution in [0.2, 0.25) is 0 Å². The molecule has 6 nitrogen and oxygen atoms in total. The van der Waals surface area contributed by atoms with Gasteiger partial charge in [-0.3, -0.25) is 14.9 Å². The number of rotatable bonds is 5. The van der Waals surface area contributed by atoms with E-state index in [2.05, 4.69) is 10.6 Å². The predicted molar refractivity (Wildman–Crippen MR) is 80.1 cm³/mol. The van der Waals surface area contributed by atoms with Gasteiger partial charge in [-0.15, -0.1) is 0 Å². The molecule has 1 aromatic rings. The molecule has 0 aliphatic carbocycles. The monoisotopic (exact) mass is 291 g/mol. The lowest BCUT2D eigenvalue weighted by Crippen LogP contribution is -2.44. The fourth-order valence-electron chi connectivity index (χ4n) is 2.49. The smallest absolute Gasteiger partial charge is 0.269 e. The summed E-state index contributed by atoms with van der Waals surface area (Å²) < 4.78 is 0. The lowest BCUT2D eigenvalue weighted by Gasteiger charge is -2.15. The maximum Gasteiger partial charge on any atom is 0.269 e. The van der Waals surface area contributed by atoms with Crippen LogP contribution in [0.1, 0.15) is 31.2 Å². The Morgan fingerprint density at radius 2 is 2.05 bits per heavy atom. The lowest BCUT2D eigenvalue weighted by atomic mass is 10.1. The topological polar surface area (TPSA) is 84.3 Å². The molecule has 6 heteroatoms. The van der Waals surface area contributed by atoms with Crippen LogP contribution in [0.25, 0.3) is 0 Å². The number of hydrogen-bond donors (Lipinski definition) is 2. The molecule has 1 saturated heterocycles. The zero-order valence-electron chi connectivity index (χ0n) is 12.0. The first kappa shape index (κ1) is 15.4. The molecule has 1 aliphatic rings. The van der Waals surface area contributed by atoms with Gasteiger partial charge in [-0.1, -0.05) is 25.0 Å². The Morgan fingerprint density at radius 3 is 2.76 bits per heavy atom. The van der Waals surface area contributed by atoms with Gasteiger partial charge >= 0.3 is 0 Å². The van der Waals surface area contributed by atoms with Crippen LogP contribution >= 0.6 is 0 Å². The first-order valence-electron chi connectivity index (χ1n) is 7.41. The summed E-state index contributed by atoms with van der Waals surface area (Å²) in [6.07, 6.45) is 4.97. The van der Waals surface area contributed by atoms with Gasteiger partial charge in [-0.25, -0.2) is 0 Å². The maximum absolute atomic E-state index is 12.0. The number of benzene rings is 1. The van der Waals surface area contributed by atoms with Crippen molar-refractivity contribution < 1.29 is 9.72 Å². The second-order valence-corrected chi connectivity index (χ2v) is 5.32. The summed E-state index contributed by atoms with van der Waals surface area (Å²) in [5, 5.41) is 16.8. The van der Waals surface area contributed by atoms with Crippen molar-refractivity contribution in [3.8, 4) is 0 Å². The number of nitro groups is 1. The van der Waals surface area contributed by atoms with Gasteiger partial charge in [0.05, 0.1) is 11.0 Å². The molecule has 0 spiro atoms. The molecule has 1 unspecified atom stereocenters. The minimum absolute atomic E-state index is 0.0545. The van der Waals surface area contributed by atoms with Crippen molar-refractivity contribution in [3.63, 3.8) is 0 Å². The zero-order chi connectivity index (χ0) is 15.1. The van der Waals surface area contributed by atoms with Crippen molar-refractivity contribution in [3.05, 3.63) is 39.9 Å². The molecule has 114 valence electrons. The number of nitrogens with one attached hydrogen (secondary N) is 2. The third-order valence-electron chi connectivity index (χ3n) is 3.74. The maximum atomic E-state index is 12.0. The lowest BCUT2D eigenvalue weighted by molar-refractivity contribution is -0.384. The molecule has 0 aromatic heterocycles. The second-order valence-electron chi connectivity index (χ2n) is 5.32. The van der Waals surface area contributed by atoms with Gasteiger partial charge in [0.25, 0.3) is 5.69 Å². The molecule has 1 aromatic carbocycles. The van der Waals surface area contributed by atoms with E-state index in [0.29, 0.717) is 13.0 Å². The number of non-ortho nitro benzene ring substituents is 1. The molecule has 0 saturated carbocycles. The van der Waals surface area contributed by atoms with Gasteiger partial charge in [0.1, 0.15) is 0 Å². The molecule has 0 radical (unpaired) electrons. The van der Waals surface area contributed by atoms with Crippen LogP contribution in [-0.2, 0) is 11.2 Å². The van der Waals surface area contributed by atoms with E-state index in [4.69, 9.17) is 0 Å². The van der Waals surface area contributed by atoms with Crippen LogP contribution in [0.15, 0.2) is 24.3 Å². The SMILES string of the molecule is O=C(NCCc1ccc([N+](=O)[O-])cc1)C1CCCCCN1. The van der Waals surface area contributed by atoms with E-state index in [1.807, 2.05) is 0 Å². The summed E-state index contributed by atoms with van der Waals surface area (Å²) in [6.45, 7) is 1.45. The summed E-state index contributed by atoms with van der Waals surface area (Å²) in [4.78, 5) is 22.2. The Balaban J connectivity index is 1.75. The summed E-state index contributed by atoms with van der Waals surface area (Å²) in [7, 11) is 0. The van der Waals surface area contributed by atoms with Gasteiger partial charge in [-0.2, -0.15) is 0 Å². The van der Waals surface area contributed by atoms with E-state index >= 15 is 0 Å². The Labute approximate surface area is 124 Å². The molecule has 2 N–H and O–H groups in total. The molecular formula is C15H21N3O3. The minimum atomic E-state index is -0.413. The molecule has 0 bridgehead atoms. The Morgan fingerprint density at radius 1 is 1.29 bits per heavy atom. The van der Waals surface area contributed by atoms with Crippen LogP contribution in [0.5, 0.6) is 0 Å². The summed E-state index contributed by atoms with van der Waals surface area (Å²) in [5.74, 6) is 0.0545. The zero-order valence-corrected chi connectivity index (χ0v) is 12.0. The largest absolute Gasteiger partial charge is 0.354 e. The average Bonchev–Trinajstić information content (AvgIpc) is 2.77. The van der Waals surface area contributed by atoms with Gasteiger partial charge < -0.3 is 10.6 Å². The van der Waals surface area contributed by atoms with Crippen molar-refractivity contribution in [1.29, 1.82) is 0 Å². The average molecular weight is 291 g/mol. The third kappa shape index (κ3) is 4.82. The van der Waals surface area contributed by atoms with E-state index in [-0.39, 0.29) is 17.6 Å². The van der Waals surface area contributed by atoms with Crippen LogP contribution in [0.4, 0.5) is 5.69 Å². The van der Waals surface area contributed by atoms with E-state index in [9.17, 15) is 14.9 Å².